The summed E-state index contributed by atoms with van der Waals surface area (Å²) >= 11 is 5.89. The van der Waals surface area contributed by atoms with Crippen LogP contribution >= 0.6 is 22.3 Å². The first-order valence-corrected chi connectivity index (χ1v) is 10.3. The number of carbonyl (C=O) groups excluding carboxylic acids is 1. The van der Waals surface area contributed by atoms with Crippen molar-refractivity contribution in [2.75, 3.05) is 16.8 Å². The highest BCUT2D eigenvalue weighted by molar-refractivity contribution is 8.13. The number of carbonyl (C=O) groups is 1. The van der Waals surface area contributed by atoms with E-state index in [1.54, 1.807) is 0 Å². The van der Waals surface area contributed by atoms with Gasteiger partial charge in [-0.2, -0.15) is 0 Å². The standard InChI is InChI=1S/C11H11Cl2NO5S2/c12-9-5-8(21(13,18)19)1-2-10(9)14-11(15)7-3-4-20(16,17)6-7/h1-2,5,7H,3-4,6H2,(H,14,15). The zero-order valence-electron chi connectivity index (χ0n) is 10.5. The predicted octanol–water partition coefficient (Wildman–Crippen LogP) is 1.64. The molecular formula is C11H11Cl2NO5S2. The lowest BCUT2D eigenvalue weighted by Crippen LogP contribution is -2.23. The van der Waals surface area contributed by atoms with E-state index in [9.17, 15) is 21.6 Å². The normalized spacial score (nSPS) is 21.1. The van der Waals surface area contributed by atoms with Crippen molar-refractivity contribution in [1.82, 2.24) is 0 Å². The van der Waals surface area contributed by atoms with Gasteiger partial charge in [0, 0.05) is 10.7 Å². The first kappa shape index (κ1) is 16.5. The molecule has 1 saturated heterocycles. The number of nitrogens with one attached hydrogen (secondary N) is 1. The number of benzene rings is 1. The third kappa shape index (κ3) is 4.09. The van der Waals surface area contributed by atoms with E-state index < -0.39 is 30.7 Å². The van der Waals surface area contributed by atoms with Crippen molar-refractivity contribution in [2.24, 2.45) is 5.92 Å². The predicted molar refractivity (Wildman–Crippen MR) is 79.9 cm³/mol. The average molecular weight is 372 g/mol. The van der Waals surface area contributed by atoms with Crippen molar-refractivity contribution < 1.29 is 21.6 Å². The second-order valence-electron chi connectivity index (χ2n) is 4.67. The van der Waals surface area contributed by atoms with Crippen LogP contribution in [0.15, 0.2) is 23.1 Å². The van der Waals surface area contributed by atoms with Crippen molar-refractivity contribution in [3.63, 3.8) is 0 Å². The molecule has 1 aromatic rings. The molecule has 1 aliphatic rings. The summed E-state index contributed by atoms with van der Waals surface area (Å²) in [4.78, 5) is 11.8. The van der Waals surface area contributed by atoms with Crippen LogP contribution in [0.5, 0.6) is 0 Å². The number of amides is 1. The van der Waals surface area contributed by atoms with Crippen molar-refractivity contribution in [1.29, 1.82) is 0 Å². The van der Waals surface area contributed by atoms with Gasteiger partial charge in [0.15, 0.2) is 9.84 Å². The minimum absolute atomic E-state index is 0.00549. The van der Waals surface area contributed by atoms with Crippen molar-refractivity contribution in [2.45, 2.75) is 11.3 Å². The summed E-state index contributed by atoms with van der Waals surface area (Å²) in [6.07, 6.45) is 0.264. The fourth-order valence-corrected chi connectivity index (χ4v) is 4.80. The Morgan fingerprint density at radius 3 is 2.48 bits per heavy atom. The van der Waals surface area contributed by atoms with Gasteiger partial charge in [0.2, 0.25) is 5.91 Å². The monoisotopic (exact) mass is 371 g/mol. The molecule has 1 unspecified atom stereocenters. The maximum atomic E-state index is 12.0. The average Bonchev–Trinajstić information content (AvgIpc) is 2.71. The molecule has 1 heterocycles. The lowest BCUT2D eigenvalue weighted by molar-refractivity contribution is -0.119. The van der Waals surface area contributed by atoms with Gasteiger partial charge in [0.1, 0.15) is 0 Å². The third-order valence-corrected chi connectivity index (χ3v) is 6.52. The number of rotatable bonds is 3. The Hall–Kier alpha value is -0.830. The molecule has 0 saturated carbocycles. The Kier molecular flexibility index (Phi) is 4.53. The highest BCUT2D eigenvalue weighted by atomic mass is 35.7. The molecule has 0 spiro atoms. The van der Waals surface area contributed by atoms with E-state index in [1.165, 1.54) is 12.1 Å². The van der Waals surface area contributed by atoms with E-state index in [-0.39, 0.29) is 33.5 Å². The Bertz CT molecular complexity index is 789. The molecule has 1 amide bonds. The van der Waals surface area contributed by atoms with Crippen LogP contribution in [0, 0.1) is 5.92 Å². The molecule has 1 aliphatic heterocycles. The van der Waals surface area contributed by atoms with Crippen molar-refractivity contribution in [3.8, 4) is 0 Å². The van der Waals surface area contributed by atoms with Crippen LogP contribution in [0.3, 0.4) is 0 Å². The van der Waals surface area contributed by atoms with E-state index in [2.05, 4.69) is 5.32 Å². The molecule has 1 atom stereocenters. The Morgan fingerprint density at radius 2 is 2.00 bits per heavy atom. The number of anilines is 1. The van der Waals surface area contributed by atoms with Gasteiger partial charge in [-0.05, 0) is 24.6 Å². The minimum Gasteiger partial charge on any atom is -0.324 e. The molecule has 1 aromatic carbocycles. The molecule has 1 N–H and O–H groups in total. The molecule has 0 aliphatic carbocycles. The van der Waals surface area contributed by atoms with E-state index in [0.717, 1.165) is 6.07 Å². The molecule has 21 heavy (non-hydrogen) atoms. The summed E-state index contributed by atoms with van der Waals surface area (Å²) < 4.78 is 45.0. The zero-order valence-corrected chi connectivity index (χ0v) is 13.7. The first-order valence-electron chi connectivity index (χ1n) is 5.84. The van der Waals surface area contributed by atoms with Gasteiger partial charge in [0.25, 0.3) is 9.05 Å². The second kappa shape index (κ2) is 5.75. The van der Waals surface area contributed by atoms with E-state index in [0.29, 0.717) is 0 Å². The number of hydrogen-bond donors (Lipinski definition) is 1. The molecule has 0 bridgehead atoms. The molecule has 0 aromatic heterocycles. The lowest BCUT2D eigenvalue weighted by atomic mass is 10.1. The van der Waals surface area contributed by atoms with Gasteiger partial charge >= 0.3 is 0 Å². The smallest absolute Gasteiger partial charge is 0.261 e. The van der Waals surface area contributed by atoms with Crippen LogP contribution < -0.4 is 5.32 Å². The fourth-order valence-electron chi connectivity index (χ4n) is 1.99. The molecule has 1 fully saturated rings. The molecule has 6 nitrogen and oxygen atoms in total. The van der Waals surface area contributed by atoms with E-state index in [1.807, 2.05) is 0 Å². The van der Waals surface area contributed by atoms with Crippen molar-refractivity contribution in [3.05, 3.63) is 23.2 Å². The van der Waals surface area contributed by atoms with Gasteiger partial charge in [-0.1, -0.05) is 11.6 Å². The van der Waals surface area contributed by atoms with Crippen LogP contribution in [0.4, 0.5) is 5.69 Å². The summed E-state index contributed by atoms with van der Waals surface area (Å²) in [6, 6.07) is 3.62. The summed E-state index contributed by atoms with van der Waals surface area (Å²) in [5, 5.41) is 2.50. The topological polar surface area (TPSA) is 97.4 Å². The molecule has 116 valence electrons. The maximum Gasteiger partial charge on any atom is 0.261 e. The van der Waals surface area contributed by atoms with Gasteiger partial charge < -0.3 is 5.32 Å². The van der Waals surface area contributed by atoms with E-state index in [4.69, 9.17) is 22.3 Å². The van der Waals surface area contributed by atoms with Crippen molar-refractivity contribution >= 4 is 52.8 Å². The lowest BCUT2D eigenvalue weighted by Gasteiger charge is -2.11. The summed E-state index contributed by atoms with van der Waals surface area (Å²) in [7, 11) is -1.88. The van der Waals surface area contributed by atoms with Gasteiger partial charge in [-0.3, -0.25) is 4.79 Å². The van der Waals surface area contributed by atoms with Gasteiger partial charge in [-0.25, -0.2) is 16.8 Å². The van der Waals surface area contributed by atoms with Crippen LogP contribution in [-0.2, 0) is 23.7 Å². The molecule has 2 rings (SSSR count). The quantitative estimate of drug-likeness (QED) is 0.814. The van der Waals surface area contributed by atoms with Crippen LogP contribution in [-0.4, -0.2) is 34.2 Å². The Labute approximate surface area is 131 Å². The fraction of sp³-hybridized carbons (Fsp3) is 0.364. The van der Waals surface area contributed by atoms with E-state index >= 15 is 0 Å². The Morgan fingerprint density at radius 1 is 1.33 bits per heavy atom. The number of hydrogen-bond acceptors (Lipinski definition) is 5. The van der Waals surface area contributed by atoms with Crippen LogP contribution in [0.2, 0.25) is 5.02 Å². The van der Waals surface area contributed by atoms with Gasteiger partial charge in [0.05, 0.1) is 33.0 Å². The summed E-state index contributed by atoms with van der Waals surface area (Å²) in [6.45, 7) is 0. The number of sulfone groups is 1. The third-order valence-electron chi connectivity index (χ3n) is 3.08. The first-order chi connectivity index (χ1) is 9.58. The minimum atomic E-state index is -3.91. The highest BCUT2D eigenvalue weighted by Gasteiger charge is 2.33. The van der Waals surface area contributed by atoms with Gasteiger partial charge in [-0.15, -0.1) is 0 Å². The molecule has 10 heteroatoms. The summed E-state index contributed by atoms with van der Waals surface area (Å²) in [5.41, 5.74) is 0.204. The molecule has 0 radical (unpaired) electrons. The highest BCUT2D eigenvalue weighted by Crippen LogP contribution is 2.28. The van der Waals surface area contributed by atoms with Crippen LogP contribution in [0.25, 0.3) is 0 Å². The maximum absolute atomic E-state index is 12.0. The van der Waals surface area contributed by atoms with Crippen LogP contribution in [0.1, 0.15) is 6.42 Å². The molecular weight excluding hydrogens is 361 g/mol. The number of halogens is 2. The summed E-state index contributed by atoms with van der Waals surface area (Å²) in [5.74, 6) is -1.28. The Balaban J connectivity index is 2.16. The second-order valence-corrected chi connectivity index (χ2v) is 9.87. The SMILES string of the molecule is O=C(Nc1ccc(S(=O)(=O)Cl)cc1Cl)C1CCS(=O)(=O)C1. The zero-order chi connectivity index (χ0) is 15.8. The largest absolute Gasteiger partial charge is 0.324 e.